The third-order valence-corrected chi connectivity index (χ3v) is 8.33. The molecule has 0 radical (unpaired) electrons. The molecule has 3 aromatic heterocycles. The van der Waals surface area contributed by atoms with Crippen molar-refractivity contribution in [1.82, 2.24) is 29.2 Å². The van der Waals surface area contributed by atoms with Crippen LogP contribution in [0.25, 0.3) is 33.2 Å². The fraction of sp³-hybridized carbons (Fsp3) is 0.367. The number of nitrogens with two attached hydrogens (primary N) is 1. The second-order valence-electron chi connectivity index (χ2n) is 10.6. The lowest BCUT2D eigenvalue weighted by atomic mass is 9.90. The first-order valence-electron chi connectivity index (χ1n) is 13.7. The molecule has 194 valence electrons. The summed E-state index contributed by atoms with van der Waals surface area (Å²) in [6, 6.07) is 20.2. The highest BCUT2D eigenvalue weighted by atomic mass is 16.5. The summed E-state index contributed by atoms with van der Waals surface area (Å²) in [4.78, 5) is 11.6. The molecule has 0 unspecified atom stereocenters. The standard InChI is InChI=1S/C30H33N7O/c31-29-27-28(23-6-11-26-22(18-23)12-13-36(26)19-21-4-2-1-3-5-21)34-37(30(27)33-20-32-29)25-9-7-24(8-10-25)35-14-16-38-17-15-35/h1-6,11-13,18,20,24-25H,7-10,14-17,19H2,(H2,31,32,33)/t24-,25-. The fourth-order valence-electron chi connectivity index (χ4n) is 6.33. The van der Waals surface area contributed by atoms with Crippen molar-refractivity contribution in [2.24, 2.45) is 0 Å². The summed E-state index contributed by atoms with van der Waals surface area (Å²) >= 11 is 0. The van der Waals surface area contributed by atoms with Crippen LogP contribution in [0.2, 0.25) is 0 Å². The van der Waals surface area contributed by atoms with Crippen LogP contribution in [0.3, 0.4) is 0 Å². The molecular formula is C30H33N7O. The molecule has 1 aliphatic carbocycles. The topological polar surface area (TPSA) is 87.0 Å². The van der Waals surface area contributed by atoms with E-state index in [0.29, 0.717) is 17.9 Å². The van der Waals surface area contributed by atoms with Crippen LogP contribution in [0, 0.1) is 0 Å². The molecule has 8 nitrogen and oxygen atoms in total. The van der Waals surface area contributed by atoms with E-state index < -0.39 is 0 Å². The number of hydrogen-bond donors (Lipinski definition) is 1. The summed E-state index contributed by atoms with van der Waals surface area (Å²) in [5, 5.41) is 7.19. The van der Waals surface area contributed by atoms with Crippen molar-refractivity contribution in [3.05, 3.63) is 72.7 Å². The largest absolute Gasteiger partial charge is 0.383 e. The van der Waals surface area contributed by atoms with Gasteiger partial charge in [-0.3, -0.25) is 4.90 Å². The highest BCUT2D eigenvalue weighted by Gasteiger charge is 2.30. The third kappa shape index (κ3) is 4.23. The van der Waals surface area contributed by atoms with E-state index in [1.165, 1.54) is 29.3 Å². The maximum atomic E-state index is 6.43. The number of benzene rings is 2. The molecule has 4 heterocycles. The van der Waals surface area contributed by atoms with E-state index in [-0.39, 0.29) is 0 Å². The number of morpholine rings is 1. The smallest absolute Gasteiger partial charge is 0.164 e. The molecule has 38 heavy (non-hydrogen) atoms. The molecule has 2 N–H and O–H groups in total. The summed E-state index contributed by atoms with van der Waals surface area (Å²) < 4.78 is 9.97. The number of ether oxygens (including phenoxy) is 1. The number of nitrogen functional groups attached to an aromatic ring is 1. The minimum absolute atomic E-state index is 0.313. The number of anilines is 1. The third-order valence-electron chi connectivity index (χ3n) is 8.33. The summed E-state index contributed by atoms with van der Waals surface area (Å²) in [5.41, 5.74) is 11.7. The molecule has 2 aromatic carbocycles. The SMILES string of the molecule is Nc1ncnc2c1c(-c1ccc3c(ccn3Cc3ccccc3)c1)nn2[C@H]1CC[C@H](N2CCOCC2)CC1. The lowest BCUT2D eigenvalue weighted by molar-refractivity contribution is 0.00520. The molecule has 7 rings (SSSR count). The minimum atomic E-state index is 0.313. The molecule has 2 fully saturated rings. The lowest BCUT2D eigenvalue weighted by Crippen LogP contribution is -2.45. The molecule has 1 saturated heterocycles. The fourth-order valence-corrected chi connectivity index (χ4v) is 6.33. The van der Waals surface area contributed by atoms with Crippen LogP contribution in [0.5, 0.6) is 0 Å². The van der Waals surface area contributed by atoms with E-state index in [1.54, 1.807) is 6.33 Å². The van der Waals surface area contributed by atoms with E-state index in [1.807, 2.05) is 0 Å². The van der Waals surface area contributed by atoms with Crippen molar-refractivity contribution >= 4 is 27.8 Å². The number of rotatable bonds is 5. The number of hydrogen-bond acceptors (Lipinski definition) is 6. The van der Waals surface area contributed by atoms with Crippen LogP contribution in [0.15, 0.2) is 67.1 Å². The Labute approximate surface area is 222 Å². The second kappa shape index (κ2) is 9.85. The van der Waals surface area contributed by atoms with Crippen LogP contribution in [0.1, 0.15) is 37.3 Å². The number of fused-ring (bicyclic) bond motifs is 2. The van der Waals surface area contributed by atoms with Gasteiger partial charge in [-0.2, -0.15) is 5.10 Å². The summed E-state index contributed by atoms with van der Waals surface area (Å²) in [5.74, 6) is 0.486. The van der Waals surface area contributed by atoms with Crippen molar-refractivity contribution in [2.75, 3.05) is 32.0 Å². The van der Waals surface area contributed by atoms with Gasteiger partial charge in [0.15, 0.2) is 5.65 Å². The summed E-state index contributed by atoms with van der Waals surface area (Å²) in [6.45, 7) is 4.63. The maximum absolute atomic E-state index is 6.43. The van der Waals surface area contributed by atoms with Gasteiger partial charge in [-0.05, 0) is 49.4 Å². The first kappa shape index (κ1) is 23.4. The molecule has 2 aliphatic rings. The van der Waals surface area contributed by atoms with E-state index in [9.17, 15) is 0 Å². The van der Waals surface area contributed by atoms with Crippen molar-refractivity contribution < 1.29 is 4.74 Å². The molecule has 0 spiro atoms. The predicted octanol–water partition coefficient (Wildman–Crippen LogP) is 4.89. The van der Waals surface area contributed by atoms with E-state index in [0.717, 1.165) is 68.0 Å². The average Bonchev–Trinajstić information content (AvgIpc) is 3.56. The summed E-state index contributed by atoms with van der Waals surface area (Å²) in [7, 11) is 0. The zero-order chi connectivity index (χ0) is 25.5. The Hall–Kier alpha value is -3.75. The number of aromatic nitrogens is 5. The molecule has 1 aliphatic heterocycles. The quantitative estimate of drug-likeness (QED) is 0.364. The zero-order valence-electron chi connectivity index (χ0n) is 21.5. The zero-order valence-corrected chi connectivity index (χ0v) is 21.5. The Morgan fingerprint density at radius 1 is 0.895 bits per heavy atom. The predicted molar refractivity (Wildman–Crippen MR) is 150 cm³/mol. The molecule has 5 aromatic rings. The monoisotopic (exact) mass is 507 g/mol. The van der Waals surface area contributed by atoms with Crippen LogP contribution in [0.4, 0.5) is 5.82 Å². The van der Waals surface area contributed by atoms with Gasteiger partial charge in [0, 0.05) is 48.3 Å². The molecule has 1 saturated carbocycles. The Kier molecular flexibility index (Phi) is 6.06. The molecule has 0 amide bonds. The van der Waals surface area contributed by atoms with Gasteiger partial charge in [0.05, 0.1) is 24.6 Å². The van der Waals surface area contributed by atoms with Crippen LogP contribution < -0.4 is 5.73 Å². The first-order valence-corrected chi connectivity index (χ1v) is 13.7. The lowest BCUT2D eigenvalue weighted by Gasteiger charge is -2.38. The Morgan fingerprint density at radius 3 is 2.50 bits per heavy atom. The Balaban J connectivity index is 1.20. The second-order valence-corrected chi connectivity index (χ2v) is 10.6. The van der Waals surface area contributed by atoms with Crippen molar-refractivity contribution in [2.45, 2.75) is 44.3 Å². The average molecular weight is 508 g/mol. The van der Waals surface area contributed by atoms with Crippen LogP contribution in [-0.4, -0.2) is 61.6 Å². The normalized spacial score (nSPS) is 20.8. The van der Waals surface area contributed by atoms with E-state index in [4.69, 9.17) is 15.6 Å². The molecule has 0 atom stereocenters. The van der Waals surface area contributed by atoms with Crippen molar-refractivity contribution in [1.29, 1.82) is 0 Å². The van der Waals surface area contributed by atoms with Gasteiger partial charge in [-0.1, -0.05) is 36.4 Å². The highest BCUT2D eigenvalue weighted by molar-refractivity contribution is 6.00. The first-order chi connectivity index (χ1) is 18.7. The van der Waals surface area contributed by atoms with Gasteiger partial charge in [0.2, 0.25) is 0 Å². The van der Waals surface area contributed by atoms with E-state index >= 15 is 0 Å². The Morgan fingerprint density at radius 2 is 1.68 bits per heavy atom. The Bertz CT molecular complexity index is 1560. The van der Waals surface area contributed by atoms with Gasteiger partial charge >= 0.3 is 0 Å². The van der Waals surface area contributed by atoms with Gasteiger partial charge < -0.3 is 15.0 Å². The van der Waals surface area contributed by atoms with E-state index in [2.05, 4.69) is 84.9 Å². The van der Waals surface area contributed by atoms with Gasteiger partial charge in [-0.25, -0.2) is 14.6 Å². The maximum Gasteiger partial charge on any atom is 0.164 e. The van der Waals surface area contributed by atoms with Crippen molar-refractivity contribution in [3.8, 4) is 11.3 Å². The summed E-state index contributed by atoms with van der Waals surface area (Å²) in [6.07, 6.45) is 8.23. The molecular weight excluding hydrogens is 474 g/mol. The van der Waals surface area contributed by atoms with Gasteiger partial charge in [0.1, 0.15) is 17.8 Å². The van der Waals surface area contributed by atoms with Gasteiger partial charge in [0.25, 0.3) is 0 Å². The molecule has 8 heteroatoms. The minimum Gasteiger partial charge on any atom is -0.383 e. The molecule has 0 bridgehead atoms. The van der Waals surface area contributed by atoms with Gasteiger partial charge in [-0.15, -0.1) is 0 Å². The number of nitrogens with zero attached hydrogens (tertiary/aromatic N) is 6. The van der Waals surface area contributed by atoms with Crippen LogP contribution in [-0.2, 0) is 11.3 Å². The van der Waals surface area contributed by atoms with Crippen LogP contribution >= 0.6 is 0 Å². The highest BCUT2D eigenvalue weighted by Crippen LogP contribution is 2.37. The van der Waals surface area contributed by atoms with Crippen molar-refractivity contribution in [3.63, 3.8) is 0 Å².